The van der Waals surface area contributed by atoms with Crippen LogP contribution >= 0.6 is 0 Å². The number of aliphatic hydroxyl groups excluding tert-OH is 1. The molecule has 0 unspecified atom stereocenters. The van der Waals surface area contributed by atoms with Gasteiger partial charge in [0.15, 0.2) is 0 Å². The molecule has 2 fully saturated rings. The highest BCUT2D eigenvalue weighted by Crippen LogP contribution is 2.57. The molecular weight excluding hydrogens is 524 g/mol. The van der Waals surface area contributed by atoms with E-state index in [1.165, 1.54) is 0 Å². The molecule has 2 saturated carbocycles. The predicted octanol–water partition coefficient (Wildman–Crippen LogP) is 9.82. The van der Waals surface area contributed by atoms with Crippen molar-refractivity contribution in [3.8, 4) is 0 Å². The van der Waals surface area contributed by atoms with E-state index in [9.17, 15) is 14.7 Å². The lowest BCUT2D eigenvalue weighted by Gasteiger charge is -2.40. The molecule has 0 amide bonds. The minimum atomic E-state index is -0.210. The van der Waals surface area contributed by atoms with Gasteiger partial charge in [-0.25, -0.2) is 0 Å². The predicted molar refractivity (Wildman–Crippen MR) is 173 cm³/mol. The zero-order valence-electron chi connectivity index (χ0n) is 29.3. The summed E-state index contributed by atoms with van der Waals surface area (Å²) in [6.07, 6.45) is 14.9. The molecule has 0 aromatic carbocycles. The van der Waals surface area contributed by atoms with Crippen LogP contribution in [0.1, 0.15) is 172 Å². The standard InChI is InChI=1S/C37H68O5/c1-27-25-30(36(7,8)34(27,3)4)41-32(39)23-19-15-11-13-17-21-29(38)22-18-14-12-16-20-24-33(40)42-31-26-28(2)35(5,6)37(31,9)10/h27-31,38H,11-26H2,1-10H3/t27-,28-,30+,31+/m1/s1. The van der Waals surface area contributed by atoms with Gasteiger partial charge in [0.2, 0.25) is 0 Å². The lowest BCUT2D eigenvalue weighted by Crippen LogP contribution is -2.38. The SMILES string of the molecule is C[C@@H]1C[C@H](OC(=O)CCCCCCCC(O)CCCCCCCC(=O)O[C@H]2C[C@@H](C)C(C)(C)C2(C)C)C(C)(C)C1(C)C. The van der Waals surface area contributed by atoms with E-state index in [2.05, 4.69) is 69.2 Å². The maximum absolute atomic E-state index is 12.4. The normalized spacial score (nSPS) is 27.3. The Balaban J connectivity index is 1.42. The first kappa shape index (κ1) is 37.1. The summed E-state index contributed by atoms with van der Waals surface area (Å²) in [7, 11) is 0. The summed E-state index contributed by atoms with van der Waals surface area (Å²) in [5.74, 6) is 1.02. The van der Waals surface area contributed by atoms with Crippen molar-refractivity contribution in [3.05, 3.63) is 0 Å². The van der Waals surface area contributed by atoms with E-state index in [1.807, 2.05) is 0 Å². The van der Waals surface area contributed by atoms with E-state index in [-0.39, 0.29) is 51.9 Å². The van der Waals surface area contributed by atoms with Gasteiger partial charge in [0.25, 0.3) is 0 Å². The summed E-state index contributed by atoms with van der Waals surface area (Å²) in [6.45, 7) is 22.7. The number of carbonyl (C=O) groups excluding carboxylic acids is 2. The van der Waals surface area contributed by atoms with Crippen molar-refractivity contribution in [2.75, 3.05) is 0 Å². The van der Waals surface area contributed by atoms with Crippen LogP contribution in [0.25, 0.3) is 0 Å². The van der Waals surface area contributed by atoms with Gasteiger partial charge in [0, 0.05) is 23.7 Å². The van der Waals surface area contributed by atoms with Crippen LogP contribution in [0.5, 0.6) is 0 Å². The molecule has 0 aliphatic heterocycles. The summed E-state index contributed by atoms with van der Waals surface area (Å²) < 4.78 is 11.8. The maximum atomic E-state index is 12.4. The van der Waals surface area contributed by atoms with Gasteiger partial charge in [-0.05, 0) is 61.2 Å². The van der Waals surface area contributed by atoms with E-state index in [4.69, 9.17) is 9.47 Å². The Labute approximate surface area is 259 Å². The number of hydrogen-bond acceptors (Lipinski definition) is 5. The van der Waals surface area contributed by atoms with E-state index in [1.54, 1.807) is 0 Å². The third-order valence-corrected chi connectivity index (χ3v) is 12.9. The number of rotatable bonds is 18. The Hall–Kier alpha value is -1.10. The first-order valence-corrected chi connectivity index (χ1v) is 17.5. The molecule has 0 bridgehead atoms. The molecule has 0 spiro atoms. The number of unbranched alkanes of at least 4 members (excludes halogenated alkanes) is 8. The van der Waals surface area contributed by atoms with Gasteiger partial charge >= 0.3 is 11.9 Å². The Morgan fingerprint density at radius 2 is 0.881 bits per heavy atom. The van der Waals surface area contributed by atoms with Crippen LogP contribution in [0.3, 0.4) is 0 Å². The van der Waals surface area contributed by atoms with Crippen molar-refractivity contribution in [1.29, 1.82) is 0 Å². The second kappa shape index (κ2) is 15.8. The van der Waals surface area contributed by atoms with Crippen molar-refractivity contribution >= 4 is 11.9 Å². The molecule has 2 rings (SSSR count). The van der Waals surface area contributed by atoms with Gasteiger partial charge in [-0.2, -0.15) is 0 Å². The van der Waals surface area contributed by atoms with Crippen molar-refractivity contribution in [2.24, 2.45) is 33.5 Å². The van der Waals surface area contributed by atoms with Crippen LogP contribution in [-0.2, 0) is 19.1 Å². The number of hydrogen-bond donors (Lipinski definition) is 1. The van der Waals surface area contributed by atoms with E-state index in [0.717, 1.165) is 89.9 Å². The molecule has 4 atom stereocenters. The zero-order chi connectivity index (χ0) is 31.8. The highest BCUT2D eigenvalue weighted by Gasteiger charge is 2.55. The molecule has 246 valence electrons. The molecule has 0 aromatic rings. The van der Waals surface area contributed by atoms with Crippen LogP contribution < -0.4 is 0 Å². The maximum Gasteiger partial charge on any atom is 0.306 e. The van der Waals surface area contributed by atoms with Crippen LogP contribution in [0.15, 0.2) is 0 Å². The van der Waals surface area contributed by atoms with E-state index >= 15 is 0 Å². The van der Waals surface area contributed by atoms with Gasteiger partial charge in [0.05, 0.1) is 6.10 Å². The van der Waals surface area contributed by atoms with Crippen molar-refractivity contribution in [1.82, 2.24) is 0 Å². The average molecular weight is 593 g/mol. The molecule has 0 saturated heterocycles. The number of aliphatic hydroxyl groups is 1. The van der Waals surface area contributed by atoms with Gasteiger partial charge < -0.3 is 14.6 Å². The number of ether oxygens (including phenoxy) is 2. The van der Waals surface area contributed by atoms with Gasteiger partial charge in [0.1, 0.15) is 12.2 Å². The molecule has 0 aromatic heterocycles. The molecule has 0 radical (unpaired) electrons. The lowest BCUT2D eigenvalue weighted by atomic mass is 9.67. The van der Waals surface area contributed by atoms with Gasteiger partial charge in [-0.1, -0.05) is 121 Å². The number of carbonyl (C=O) groups is 2. The Kier molecular flexibility index (Phi) is 13.9. The molecule has 0 heterocycles. The Bertz CT molecular complexity index is 773. The fourth-order valence-electron chi connectivity index (χ4n) is 7.25. The Morgan fingerprint density at radius 1 is 0.571 bits per heavy atom. The summed E-state index contributed by atoms with van der Waals surface area (Å²) in [5, 5.41) is 10.3. The molecule has 2 aliphatic rings. The molecule has 5 heteroatoms. The smallest absolute Gasteiger partial charge is 0.306 e. The Morgan fingerprint density at radius 3 is 1.19 bits per heavy atom. The van der Waals surface area contributed by atoms with Crippen molar-refractivity contribution in [2.45, 2.75) is 190 Å². The van der Waals surface area contributed by atoms with Crippen LogP contribution in [-0.4, -0.2) is 35.4 Å². The van der Waals surface area contributed by atoms with Gasteiger partial charge in [-0.3, -0.25) is 9.59 Å². The summed E-state index contributed by atoms with van der Waals surface area (Å²) in [4.78, 5) is 24.9. The van der Waals surface area contributed by atoms with Gasteiger partial charge in [-0.15, -0.1) is 0 Å². The topological polar surface area (TPSA) is 72.8 Å². The molecular formula is C37H68O5. The van der Waals surface area contributed by atoms with E-state index < -0.39 is 0 Å². The molecule has 1 N–H and O–H groups in total. The zero-order valence-corrected chi connectivity index (χ0v) is 29.3. The lowest BCUT2D eigenvalue weighted by molar-refractivity contribution is -0.156. The minimum absolute atomic E-state index is 0.00191. The molecule has 42 heavy (non-hydrogen) atoms. The summed E-state index contributed by atoms with van der Waals surface area (Å²) in [6, 6.07) is 0. The van der Waals surface area contributed by atoms with Crippen LogP contribution in [0.2, 0.25) is 0 Å². The highest BCUT2D eigenvalue weighted by molar-refractivity contribution is 5.70. The quantitative estimate of drug-likeness (QED) is 0.127. The average Bonchev–Trinajstić information content (AvgIpc) is 3.14. The molecule has 2 aliphatic carbocycles. The second-order valence-electron chi connectivity index (χ2n) is 16.4. The first-order chi connectivity index (χ1) is 19.4. The van der Waals surface area contributed by atoms with E-state index in [0.29, 0.717) is 24.7 Å². The monoisotopic (exact) mass is 593 g/mol. The minimum Gasteiger partial charge on any atom is -0.462 e. The molecule has 5 nitrogen and oxygen atoms in total. The van der Waals surface area contributed by atoms with Crippen molar-refractivity contribution < 1.29 is 24.2 Å². The van der Waals surface area contributed by atoms with Crippen LogP contribution in [0, 0.1) is 33.5 Å². The van der Waals surface area contributed by atoms with Crippen LogP contribution in [0.4, 0.5) is 0 Å². The first-order valence-electron chi connectivity index (χ1n) is 17.5. The fourth-order valence-corrected chi connectivity index (χ4v) is 7.25. The number of esters is 2. The summed E-state index contributed by atoms with van der Waals surface area (Å²) >= 11 is 0. The second-order valence-corrected chi connectivity index (χ2v) is 16.4. The third-order valence-electron chi connectivity index (χ3n) is 12.9. The third kappa shape index (κ3) is 9.45. The fraction of sp³-hybridized carbons (Fsp3) is 0.946. The highest BCUT2D eigenvalue weighted by atomic mass is 16.5. The largest absolute Gasteiger partial charge is 0.462 e. The summed E-state index contributed by atoms with van der Waals surface area (Å²) in [5.41, 5.74) is 0.343. The van der Waals surface area contributed by atoms with Crippen molar-refractivity contribution in [3.63, 3.8) is 0 Å².